The van der Waals surface area contributed by atoms with Crippen molar-refractivity contribution in [2.75, 3.05) is 6.61 Å². The van der Waals surface area contributed by atoms with Crippen LogP contribution in [0.5, 0.6) is 0 Å². The van der Waals surface area contributed by atoms with Gasteiger partial charge in [0.15, 0.2) is 0 Å². The number of amides is 1. The summed E-state index contributed by atoms with van der Waals surface area (Å²) in [5.74, 6) is -1.58. The predicted octanol–water partition coefficient (Wildman–Crippen LogP) is 3.42. The first kappa shape index (κ1) is 21.4. The fourth-order valence-corrected chi connectivity index (χ4v) is 3.25. The van der Waals surface area contributed by atoms with Gasteiger partial charge in [0.2, 0.25) is 5.11 Å². The standard InChI is InChI=1S/C18H21N3O6S/c1-5-26-16(22)14-11(4)19-17(28)20(18(23)27-10(2)3)15(14)12-7-6-8-13(9-12)21(24)25/h6-10,14-15H,5H2,1-4H3. The minimum absolute atomic E-state index is 0.0831. The first-order valence-corrected chi connectivity index (χ1v) is 9.08. The smallest absolute Gasteiger partial charge is 0.417 e. The van der Waals surface area contributed by atoms with Crippen molar-refractivity contribution < 1.29 is 24.0 Å². The fourth-order valence-electron chi connectivity index (χ4n) is 2.92. The molecule has 1 aliphatic heterocycles. The van der Waals surface area contributed by atoms with E-state index in [2.05, 4.69) is 4.99 Å². The topological polar surface area (TPSA) is 111 Å². The zero-order valence-corrected chi connectivity index (χ0v) is 16.8. The summed E-state index contributed by atoms with van der Waals surface area (Å²) in [7, 11) is 0. The quantitative estimate of drug-likeness (QED) is 0.318. The molecular formula is C18H21N3O6S. The largest absolute Gasteiger partial charge is 0.465 e. The van der Waals surface area contributed by atoms with E-state index in [-0.39, 0.29) is 17.4 Å². The van der Waals surface area contributed by atoms with Crippen LogP contribution in [0.25, 0.3) is 0 Å². The van der Waals surface area contributed by atoms with Crippen LogP contribution in [0.1, 0.15) is 39.3 Å². The lowest BCUT2D eigenvalue weighted by Gasteiger charge is -2.38. The van der Waals surface area contributed by atoms with Gasteiger partial charge >= 0.3 is 12.1 Å². The number of aliphatic imine (C=N–C) groups is 1. The first-order chi connectivity index (χ1) is 13.2. The van der Waals surface area contributed by atoms with Crippen molar-refractivity contribution in [3.8, 4) is 0 Å². The van der Waals surface area contributed by atoms with Crippen LogP contribution in [-0.2, 0) is 14.3 Å². The summed E-state index contributed by atoms with van der Waals surface area (Å²) in [6, 6.07) is 4.71. The molecule has 150 valence electrons. The van der Waals surface area contributed by atoms with Gasteiger partial charge in [-0.15, -0.1) is 0 Å². The highest BCUT2D eigenvalue weighted by molar-refractivity contribution is 7.80. The van der Waals surface area contributed by atoms with Crippen LogP contribution in [0.3, 0.4) is 0 Å². The number of nitrogens with zero attached hydrogens (tertiary/aromatic N) is 3. The minimum Gasteiger partial charge on any atom is -0.465 e. The van der Waals surface area contributed by atoms with Gasteiger partial charge in [-0.2, -0.15) is 0 Å². The SMILES string of the molecule is CCOC(=O)C1C(C)=NC(=S)N(C(=O)OC(C)C)C1c1cccc([N+](=O)[O-])c1. The van der Waals surface area contributed by atoms with Gasteiger partial charge in [-0.1, -0.05) is 12.1 Å². The molecule has 0 aromatic heterocycles. The van der Waals surface area contributed by atoms with E-state index in [1.165, 1.54) is 18.2 Å². The Morgan fingerprint density at radius 1 is 1.39 bits per heavy atom. The predicted molar refractivity (Wildman–Crippen MR) is 105 cm³/mol. The number of non-ortho nitro benzene ring substituents is 1. The van der Waals surface area contributed by atoms with E-state index in [4.69, 9.17) is 21.7 Å². The number of benzene rings is 1. The molecule has 0 spiro atoms. The lowest BCUT2D eigenvalue weighted by Crippen LogP contribution is -2.50. The summed E-state index contributed by atoms with van der Waals surface area (Å²) in [5.41, 5.74) is 0.529. The summed E-state index contributed by atoms with van der Waals surface area (Å²) in [4.78, 5) is 41.2. The molecule has 10 heteroatoms. The molecule has 0 fully saturated rings. The second kappa shape index (κ2) is 8.87. The highest BCUT2D eigenvalue weighted by Crippen LogP contribution is 2.37. The van der Waals surface area contributed by atoms with Crippen molar-refractivity contribution in [3.63, 3.8) is 0 Å². The minimum atomic E-state index is -0.978. The van der Waals surface area contributed by atoms with Crippen molar-refractivity contribution in [2.24, 2.45) is 10.9 Å². The van der Waals surface area contributed by atoms with E-state index < -0.39 is 35.0 Å². The molecule has 2 atom stereocenters. The number of nitro groups is 1. The van der Waals surface area contributed by atoms with E-state index in [1.54, 1.807) is 33.8 Å². The molecular weight excluding hydrogens is 386 g/mol. The highest BCUT2D eigenvalue weighted by atomic mass is 32.1. The molecule has 0 saturated heterocycles. The fraction of sp³-hybridized carbons (Fsp3) is 0.444. The van der Waals surface area contributed by atoms with Gasteiger partial charge in [0, 0.05) is 17.8 Å². The maximum atomic E-state index is 12.7. The van der Waals surface area contributed by atoms with Crippen molar-refractivity contribution in [3.05, 3.63) is 39.9 Å². The van der Waals surface area contributed by atoms with Gasteiger partial charge in [0.1, 0.15) is 5.92 Å². The summed E-state index contributed by atoms with van der Waals surface area (Å²) >= 11 is 5.25. The van der Waals surface area contributed by atoms with Crippen LogP contribution in [0.4, 0.5) is 10.5 Å². The average Bonchev–Trinajstić information content (AvgIpc) is 2.60. The Morgan fingerprint density at radius 2 is 2.07 bits per heavy atom. The molecule has 0 saturated carbocycles. The molecule has 0 radical (unpaired) electrons. The van der Waals surface area contributed by atoms with Crippen LogP contribution in [0.2, 0.25) is 0 Å². The molecule has 1 aliphatic rings. The Bertz CT molecular complexity index is 838. The van der Waals surface area contributed by atoms with Gasteiger partial charge in [-0.25, -0.2) is 14.7 Å². The van der Waals surface area contributed by atoms with Gasteiger partial charge in [-0.3, -0.25) is 14.9 Å². The number of hydrogen-bond donors (Lipinski definition) is 0. The van der Waals surface area contributed by atoms with Gasteiger partial charge in [0.05, 0.1) is 23.7 Å². The third-order valence-electron chi connectivity index (χ3n) is 4.02. The van der Waals surface area contributed by atoms with Crippen molar-refractivity contribution >= 4 is 40.8 Å². The van der Waals surface area contributed by atoms with Crippen LogP contribution in [-0.4, -0.2) is 45.4 Å². The molecule has 1 aromatic rings. The first-order valence-electron chi connectivity index (χ1n) is 8.67. The normalized spacial score (nSPS) is 19.2. The third-order valence-corrected chi connectivity index (χ3v) is 4.31. The van der Waals surface area contributed by atoms with E-state index in [9.17, 15) is 19.7 Å². The highest BCUT2D eigenvalue weighted by Gasteiger charge is 2.45. The van der Waals surface area contributed by atoms with Gasteiger partial charge in [0.25, 0.3) is 5.69 Å². The van der Waals surface area contributed by atoms with E-state index in [0.29, 0.717) is 11.3 Å². The van der Waals surface area contributed by atoms with Crippen molar-refractivity contribution in [1.82, 2.24) is 4.90 Å². The zero-order chi connectivity index (χ0) is 21.0. The Hall–Kier alpha value is -2.88. The number of nitro benzene ring substituents is 1. The summed E-state index contributed by atoms with van der Waals surface area (Å²) in [6.07, 6.45) is -1.23. The van der Waals surface area contributed by atoms with E-state index in [0.717, 1.165) is 4.90 Å². The lowest BCUT2D eigenvalue weighted by molar-refractivity contribution is -0.385. The molecule has 1 aromatic carbocycles. The summed E-state index contributed by atoms with van der Waals surface area (Å²) in [6.45, 7) is 6.73. The number of carbonyl (C=O) groups excluding carboxylic acids is 2. The zero-order valence-electron chi connectivity index (χ0n) is 15.9. The molecule has 1 amide bonds. The number of ether oxygens (including phenoxy) is 2. The van der Waals surface area contributed by atoms with Crippen LogP contribution in [0.15, 0.2) is 29.3 Å². The van der Waals surface area contributed by atoms with E-state index >= 15 is 0 Å². The number of esters is 1. The van der Waals surface area contributed by atoms with Crippen LogP contribution >= 0.6 is 12.2 Å². The molecule has 1 heterocycles. The molecule has 0 bridgehead atoms. The maximum absolute atomic E-state index is 12.7. The summed E-state index contributed by atoms with van der Waals surface area (Å²) in [5, 5.41) is 11.1. The number of carbonyl (C=O) groups is 2. The third kappa shape index (κ3) is 4.50. The molecule has 9 nitrogen and oxygen atoms in total. The Kier molecular flexibility index (Phi) is 6.79. The molecule has 0 N–H and O–H groups in total. The monoisotopic (exact) mass is 407 g/mol. The van der Waals surface area contributed by atoms with Gasteiger partial charge in [-0.05, 0) is 45.5 Å². The second-order valence-electron chi connectivity index (χ2n) is 6.36. The number of thiocarbonyl (C=S) groups is 1. The molecule has 28 heavy (non-hydrogen) atoms. The second-order valence-corrected chi connectivity index (χ2v) is 6.73. The average molecular weight is 407 g/mol. The Morgan fingerprint density at radius 3 is 2.64 bits per heavy atom. The Labute approximate surface area is 167 Å². The molecule has 2 rings (SSSR count). The number of hydrogen-bond acceptors (Lipinski definition) is 7. The van der Waals surface area contributed by atoms with Crippen LogP contribution < -0.4 is 0 Å². The van der Waals surface area contributed by atoms with Crippen molar-refractivity contribution in [1.29, 1.82) is 0 Å². The lowest BCUT2D eigenvalue weighted by atomic mass is 9.87. The van der Waals surface area contributed by atoms with Gasteiger partial charge < -0.3 is 9.47 Å². The number of rotatable bonds is 5. The Balaban J connectivity index is 2.63. The molecule has 0 aliphatic carbocycles. The van der Waals surface area contributed by atoms with Crippen LogP contribution in [0, 0.1) is 16.0 Å². The van der Waals surface area contributed by atoms with Crippen molar-refractivity contribution in [2.45, 2.75) is 39.8 Å². The summed E-state index contributed by atoms with van der Waals surface area (Å²) < 4.78 is 10.4. The van der Waals surface area contributed by atoms with E-state index in [1.807, 2.05) is 0 Å². The molecule has 2 unspecified atom stereocenters. The maximum Gasteiger partial charge on any atom is 0.417 e.